The standard InChI is InChI=1S/C15H13N3O2S/c1-11-7-14(20-17-11)15(19)18(8-12-9-21-10-16-12)13-5-3-2-4-6-13/h2-7,9-10H,8H2,1H3. The predicted molar refractivity (Wildman–Crippen MR) is 80.3 cm³/mol. The summed E-state index contributed by atoms with van der Waals surface area (Å²) in [4.78, 5) is 18.5. The van der Waals surface area contributed by atoms with E-state index in [1.807, 2.05) is 35.7 Å². The Morgan fingerprint density at radius 3 is 2.76 bits per heavy atom. The molecule has 0 aliphatic carbocycles. The van der Waals surface area contributed by atoms with Crippen LogP contribution in [0.3, 0.4) is 0 Å². The number of amides is 1. The zero-order chi connectivity index (χ0) is 14.7. The Labute approximate surface area is 125 Å². The molecule has 0 N–H and O–H groups in total. The maximum atomic E-state index is 12.7. The Hall–Kier alpha value is -2.47. The molecule has 106 valence electrons. The number of anilines is 1. The monoisotopic (exact) mass is 299 g/mol. The summed E-state index contributed by atoms with van der Waals surface area (Å²) in [6.45, 7) is 2.18. The van der Waals surface area contributed by atoms with Crippen molar-refractivity contribution in [2.75, 3.05) is 4.90 Å². The molecule has 0 spiro atoms. The van der Waals surface area contributed by atoms with E-state index < -0.39 is 0 Å². The molecule has 0 aliphatic heterocycles. The largest absolute Gasteiger partial charge is 0.351 e. The normalized spacial score (nSPS) is 10.5. The van der Waals surface area contributed by atoms with E-state index in [0.717, 1.165) is 11.4 Å². The molecule has 0 bridgehead atoms. The summed E-state index contributed by atoms with van der Waals surface area (Å²) >= 11 is 1.50. The molecule has 0 fully saturated rings. The number of nitrogens with zero attached hydrogens (tertiary/aromatic N) is 3. The Kier molecular flexibility index (Phi) is 3.79. The van der Waals surface area contributed by atoms with E-state index in [1.165, 1.54) is 11.3 Å². The molecule has 0 radical (unpaired) electrons. The van der Waals surface area contributed by atoms with Crippen LogP contribution in [-0.4, -0.2) is 16.0 Å². The topological polar surface area (TPSA) is 59.2 Å². The molecule has 0 unspecified atom stereocenters. The number of hydrogen-bond donors (Lipinski definition) is 0. The molecule has 21 heavy (non-hydrogen) atoms. The molecule has 1 amide bonds. The second-order valence-corrected chi connectivity index (χ2v) is 5.26. The zero-order valence-electron chi connectivity index (χ0n) is 11.4. The Balaban J connectivity index is 1.94. The number of rotatable bonds is 4. The molecule has 2 aromatic heterocycles. The second kappa shape index (κ2) is 5.88. The molecule has 0 atom stereocenters. The van der Waals surface area contributed by atoms with E-state index in [2.05, 4.69) is 10.1 Å². The van der Waals surface area contributed by atoms with Gasteiger partial charge in [-0.15, -0.1) is 11.3 Å². The number of thiazole rings is 1. The van der Waals surface area contributed by atoms with Crippen molar-refractivity contribution in [1.29, 1.82) is 0 Å². The molecule has 1 aromatic carbocycles. The minimum absolute atomic E-state index is 0.227. The van der Waals surface area contributed by atoms with Gasteiger partial charge in [-0.05, 0) is 19.1 Å². The van der Waals surface area contributed by atoms with Crippen molar-refractivity contribution in [1.82, 2.24) is 10.1 Å². The van der Waals surface area contributed by atoms with Gasteiger partial charge in [0.25, 0.3) is 5.91 Å². The van der Waals surface area contributed by atoms with Crippen LogP contribution >= 0.6 is 11.3 Å². The lowest BCUT2D eigenvalue weighted by atomic mass is 10.2. The lowest BCUT2D eigenvalue weighted by Gasteiger charge is -2.20. The molecule has 2 heterocycles. The highest BCUT2D eigenvalue weighted by Gasteiger charge is 2.22. The van der Waals surface area contributed by atoms with Crippen molar-refractivity contribution in [3.05, 3.63) is 64.4 Å². The van der Waals surface area contributed by atoms with Crippen LogP contribution in [0.1, 0.15) is 21.9 Å². The van der Waals surface area contributed by atoms with Gasteiger partial charge in [0.1, 0.15) is 0 Å². The fourth-order valence-electron chi connectivity index (χ4n) is 1.96. The average molecular weight is 299 g/mol. The predicted octanol–water partition coefficient (Wildman–Crippen LogP) is 3.29. The van der Waals surface area contributed by atoms with Gasteiger partial charge in [0.2, 0.25) is 5.76 Å². The highest BCUT2D eigenvalue weighted by Crippen LogP contribution is 2.20. The third kappa shape index (κ3) is 3.00. The molecule has 6 heteroatoms. The summed E-state index contributed by atoms with van der Waals surface area (Å²) in [5.74, 6) is 0.00128. The van der Waals surface area contributed by atoms with Crippen LogP contribution in [0.2, 0.25) is 0 Å². The summed E-state index contributed by atoms with van der Waals surface area (Å²) in [5, 5.41) is 5.70. The van der Waals surface area contributed by atoms with Gasteiger partial charge in [-0.1, -0.05) is 23.4 Å². The first-order chi connectivity index (χ1) is 10.2. The third-order valence-corrected chi connectivity index (χ3v) is 3.59. The third-order valence-electron chi connectivity index (χ3n) is 2.96. The van der Waals surface area contributed by atoms with Crippen LogP contribution in [0.5, 0.6) is 0 Å². The quantitative estimate of drug-likeness (QED) is 0.741. The van der Waals surface area contributed by atoms with Gasteiger partial charge in [-0.25, -0.2) is 4.98 Å². The lowest BCUT2D eigenvalue weighted by molar-refractivity contribution is 0.0949. The van der Waals surface area contributed by atoms with Crippen LogP contribution in [-0.2, 0) is 6.54 Å². The zero-order valence-corrected chi connectivity index (χ0v) is 12.2. The maximum Gasteiger partial charge on any atom is 0.297 e. The van der Waals surface area contributed by atoms with Gasteiger partial charge in [0.05, 0.1) is 23.4 Å². The van der Waals surface area contributed by atoms with Crippen molar-refractivity contribution in [3.8, 4) is 0 Å². The van der Waals surface area contributed by atoms with Crippen molar-refractivity contribution < 1.29 is 9.32 Å². The van der Waals surface area contributed by atoms with E-state index in [-0.39, 0.29) is 11.7 Å². The average Bonchev–Trinajstić information content (AvgIpc) is 3.16. The van der Waals surface area contributed by atoms with E-state index in [9.17, 15) is 4.79 Å². The summed E-state index contributed by atoms with van der Waals surface area (Å²) in [7, 11) is 0. The van der Waals surface area contributed by atoms with Crippen LogP contribution in [0, 0.1) is 6.92 Å². The molecular weight excluding hydrogens is 286 g/mol. The van der Waals surface area contributed by atoms with Gasteiger partial charge >= 0.3 is 0 Å². The van der Waals surface area contributed by atoms with Gasteiger partial charge in [-0.3, -0.25) is 9.69 Å². The number of carbonyl (C=O) groups excluding carboxylic acids is 1. The van der Waals surface area contributed by atoms with Crippen LogP contribution in [0.25, 0.3) is 0 Å². The van der Waals surface area contributed by atoms with Gasteiger partial charge in [-0.2, -0.15) is 0 Å². The first kappa shape index (κ1) is 13.5. The molecular formula is C15H13N3O2S. The van der Waals surface area contributed by atoms with Crippen LogP contribution < -0.4 is 4.90 Å². The Morgan fingerprint density at radius 1 is 1.33 bits per heavy atom. The second-order valence-electron chi connectivity index (χ2n) is 4.54. The smallest absolute Gasteiger partial charge is 0.297 e. The number of carbonyl (C=O) groups is 1. The summed E-state index contributed by atoms with van der Waals surface area (Å²) in [6, 6.07) is 11.1. The Bertz CT molecular complexity index is 722. The number of aromatic nitrogens is 2. The van der Waals surface area contributed by atoms with Gasteiger partial charge in [0.15, 0.2) is 0 Å². The van der Waals surface area contributed by atoms with E-state index >= 15 is 0 Å². The molecule has 3 aromatic rings. The van der Waals surface area contributed by atoms with Crippen molar-refractivity contribution >= 4 is 22.9 Å². The Morgan fingerprint density at radius 2 is 2.14 bits per heavy atom. The number of hydrogen-bond acceptors (Lipinski definition) is 5. The minimum atomic E-state index is -0.227. The number of benzene rings is 1. The summed E-state index contributed by atoms with van der Waals surface area (Å²) in [5.41, 5.74) is 4.07. The SMILES string of the molecule is Cc1cc(C(=O)N(Cc2cscn2)c2ccccc2)on1. The van der Waals surface area contributed by atoms with Crippen molar-refractivity contribution in [3.63, 3.8) is 0 Å². The first-order valence-corrected chi connectivity index (χ1v) is 7.35. The molecule has 0 saturated carbocycles. The van der Waals surface area contributed by atoms with Crippen LogP contribution in [0.4, 0.5) is 5.69 Å². The summed E-state index contributed by atoms with van der Waals surface area (Å²) in [6.07, 6.45) is 0. The maximum absolute atomic E-state index is 12.7. The van der Waals surface area contributed by atoms with Crippen molar-refractivity contribution in [2.24, 2.45) is 0 Å². The molecule has 3 rings (SSSR count). The van der Waals surface area contributed by atoms with Gasteiger partial charge < -0.3 is 4.52 Å². The highest BCUT2D eigenvalue weighted by molar-refractivity contribution is 7.07. The number of para-hydroxylation sites is 1. The first-order valence-electron chi connectivity index (χ1n) is 6.41. The van der Waals surface area contributed by atoms with Gasteiger partial charge in [0, 0.05) is 17.1 Å². The fraction of sp³-hybridized carbons (Fsp3) is 0.133. The van der Waals surface area contributed by atoms with E-state index in [4.69, 9.17) is 4.52 Å². The van der Waals surface area contributed by atoms with E-state index in [1.54, 1.807) is 23.4 Å². The molecule has 5 nitrogen and oxygen atoms in total. The van der Waals surface area contributed by atoms with E-state index in [0.29, 0.717) is 12.2 Å². The highest BCUT2D eigenvalue weighted by atomic mass is 32.1. The number of aryl methyl sites for hydroxylation is 1. The molecule has 0 saturated heterocycles. The fourth-order valence-corrected chi connectivity index (χ4v) is 2.51. The molecule has 0 aliphatic rings. The minimum Gasteiger partial charge on any atom is -0.351 e. The summed E-state index contributed by atoms with van der Waals surface area (Å²) < 4.78 is 5.09. The van der Waals surface area contributed by atoms with Crippen molar-refractivity contribution in [2.45, 2.75) is 13.5 Å². The lowest BCUT2D eigenvalue weighted by Crippen LogP contribution is -2.30. The van der Waals surface area contributed by atoms with Crippen LogP contribution in [0.15, 0.2) is 51.8 Å².